The van der Waals surface area contributed by atoms with Crippen LogP contribution < -0.4 is 5.32 Å². The number of aromatic nitrogens is 1. The Kier molecular flexibility index (Phi) is 5.86. The number of pyridine rings is 1. The minimum atomic E-state index is -1.12. The maximum atomic E-state index is 12.0. The molecular formula is C14H19BrN2O4. The molecule has 0 aliphatic rings. The molecule has 21 heavy (non-hydrogen) atoms. The Bertz CT molecular complexity index is 540. The van der Waals surface area contributed by atoms with Gasteiger partial charge in [-0.3, -0.25) is 4.79 Å². The van der Waals surface area contributed by atoms with Crippen LogP contribution in [0.15, 0.2) is 16.6 Å². The van der Waals surface area contributed by atoms with Gasteiger partial charge in [-0.1, -0.05) is 0 Å². The van der Waals surface area contributed by atoms with Gasteiger partial charge in [-0.2, -0.15) is 0 Å². The van der Waals surface area contributed by atoms with Gasteiger partial charge in [0.05, 0.1) is 12.3 Å². The van der Waals surface area contributed by atoms with Gasteiger partial charge in [0.2, 0.25) is 0 Å². The number of rotatable bonds is 4. The summed E-state index contributed by atoms with van der Waals surface area (Å²) in [6.07, 6.45) is 0. The molecule has 0 spiro atoms. The summed E-state index contributed by atoms with van der Waals surface area (Å²) in [5.74, 6) is -1.23. The monoisotopic (exact) mass is 358 g/mol. The van der Waals surface area contributed by atoms with Crippen LogP contribution in [0, 0.1) is 6.92 Å². The number of nitrogens with zero attached hydrogens (tertiary/aromatic N) is 1. The Morgan fingerprint density at radius 2 is 2.05 bits per heavy atom. The first-order valence-corrected chi connectivity index (χ1v) is 7.21. The minimum absolute atomic E-state index is 0.165. The van der Waals surface area contributed by atoms with Gasteiger partial charge in [-0.05, 0) is 55.8 Å². The van der Waals surface area contributed by atoms with Gasteiger partial charge in [0.15, 0.2) is 6.04 Å². The molecule has 0 aliphatic carbocycles. The van der Waals surface area contributed by atoms with E-state index in [0.29, 0.717) is 5.69 Å². The molecule has 0 aliphatic heterocycles. The molecule has 1 aromatic heterocycles. The van der Waals surface area contributed by atoms with E-state index in [-0.39, 0.29) is 5.69 Å². The normalized spacial score (nSPS) is 12.7. The number of aryl methyl sites for hydroxylation is 1. The second-order valence-electron chi connectivity index (χ2n) is 5.51. The number of nitrogens with one attached hydrogen (secondary N) is 1. The third-order valence-electron chi connectivity index (χ3n) is 2.43. The van der Waals surface area contributed by atoms with Crippen LogP contribution in [0.5, 0.6) is 0 Å². The number of esters is 1. The van der Waals surface area contributed by atoms with Gasteiger partial charge in [0.25, 0.3) is 5.91 Å². The van der Waals surface area contributed by atoms with E-state index in [1.165, 1.54) is 6.07 Å². The topological polar surface area (TPSA) is 88.5 Å². The van der Waals surface area contributed by atoms with Crippen molar-refractivity contribution >= 4 is 27.8 Å². The third-order valence-corrected chi connectivity index (χ3v) is 3.27. The van der Waals surface area contributed by atoms with Gasteiger partial charge in [0, 0.05) is 4.47 Å². The van der Waals surface area contributed by atoms with Crippen molar-refractivity contribution in [3.63, 3.8) is 0 Å². The van der Waals surface area contributed by atoms with E-state index in [9.17, 15) is 14.7 Å². The molecule has 1 heterocycles. The molecule has 7 heteroatoms. The largest absolute Gasteiger partial charge is 0.458 e. The smallest absolute Gasteiger partial charge is 0.331 e. The average molecular weight is 359 g/mol. The van der Waals surface area contributed by atoms with Gasteiger partial charge in [-0.25, -0.2) is 9.78 Å². The second kappa shape index (κ2) is 7.00. The second-order valence-corrected chi connectivity index (χ2v) is 6.36. The van der Waals surface area contributed by atoms with Crippen LogP contribution >= 0.6 is 15.9 Å². The maximum absolute atomic E-state index is 12.0. The number of carbonyl (C=O) groups is 2. The van der Waals surface area contributed by atoms with E-state index >= 15 is 0 Å². The van der Waals surface area contributed by atoms with Crippen LogP contribution in [0.3, 0.4) is 0 Å². The van der Waals surface area contributed by atoms with Crippen molar-refractivity contribution in [3.8, 4) is 0 Å². The van der Waals surface area contributed by atoms with Crippen molar-refractivity contribution in [2.75, 3.05) is 6.61 Å². The fourth-order valence-electron chi connectivity index (χ4n) is 1.45. The van der Waals surface area contributed by atoms with Gasteiger partial charge in [-0.15, -0.1) is 0 Å². The highest BCUT2D eigenvalue weighted by molar-refractivity contribution is 9.10. The van der Waals surface area contributed by atoms with Crippen molar-refractivity contribution in [1.29, 1.82) is 0 Å². The predicted molar refractivity (Wildman–Crippen MR) is 80.9 cm³/mol. The highest BCUT2D eigenvalue weighted by atomic mass is 79.9. The standard InChI is InChI=1S/C14H19BrN2O4/c1-8-9(15)5-6-10(16-8)12(19)17-11(7-18)13(20)21-14(2,3)4/h5-6,11,18H,7H2,1-4H3,(H,17,19). The first-order valence-electron chi connectivity index (χ1n) is 6.42. The van der Waals surface area contributed by atoms with Crippen LogP contribution in [0.1, 0.15) is 37.0 Å². The number of halogens is 1. The lowest BCUT2D eigenvalue weighted by atomic mass is 10.2. The van der Waals surface area contributed by atoms with E-state index in [0.717, 1.165) is 4.47 Å². The molecule has 2 N–H and O–H groups in total. The number of carbonyl (C=O) groups excluding carboxylic acids is 2. The third kappa shape index (κ3) is 5.43. The molecule has 6 nitrogen and oxygen atoms in total. The molecule has 0 radical (unpaired) electrons. The molecule has 1 rings (SSSR count). The van der Waals surface area contributed by atoms with Crippen molar-refractivity contribution in [1.82, 2.24) is 10.3 Å². The van der Waals surface area contributed by atoms with Crippen LogP contribution in [0.4, 0.5) is 0 Å². The summed E-state index contributed by atoms with van der Waals surface area (Å²) in [7, 11) is 0. The predicted octanol–water partition coefficient (Wildman–Crippen LogP) is 1.58. The van der Waals surface area contributed by atoms with Crippen LogP contribution in [-0.2, 0) is 9.53 Å². The molecular weight excluding hydrogens is 340 g/mol. The summed E-state index contributed by atoms with van der Waals surface area (Å²) in [6.45, 7) is 6.33. The summed E-state index contributed by atoms with van der Waals surface area (Å²) < 4.78 is 5.91. The maximum Gasteiger partial charge on any atom is 0.331 e. The van der Waals surface area contributed by atoms with E-state index < -0.39 is 30.1 Å². The summed E-state index contributed by atoms with van der Waals surface area (Å²) >= 11 is 3.29. The molecule has 1 amide bonds. The number of amides is 1. The molecule has 116 valence electrons. The minimum Gasteiger partial charge on any atom is -0.458 e. The van der Waals surface area contributed by atoms with Crippen LogP contribution in [-0.4, -0.2) is 40.2 Å². The van der Waals surface area contributed by atoms with Gasteiger partial charge < -0.3 is 15.2 Å². The van der Waals surface area contributed by atoms with Crippen LogP contribution in [0.25, 0.3) is 0 Å². The molecule has 0 fully saturated rings. The quantitative estimate of drug-likeness (QED) is 0.797. The molecule has 0 aromatic carbocycles. The number of aliphatic hydroxyl groups excluding tert-OH is 1. The number of hydrogen-bond donors (Lipinski definition) is 2. The Balaban J connectivity index is 2.79. The Labute approximate surface area is 132 Å². The number of ether oxygens (including phenoxy) is 1. The average Bonchev–Trinajstić information content (AvgIpc) is 2.36. The van der Waals surface area contributed by atoms with Gasteiger partial charge >= 0.3 is 5.97 Å². The first-order chi connectivity index (χ1) is 9.64. The Morgan fingerprint density at radius 1 is 1.43 bits per heavy atom. The summed E-state index contributed by atoms with van der Waals surface area (Å²) in [4.78, 5) is 28.0. The first kappa shape index (κ1) is 17.6. The van der Waals surface area contributed by atoms with E-state index in [1.54, 1.807) is 33.8 Å². The summed E-state index contributed by atoms with van der Waals surface area (Å²) in [5.41, 5.74) is 0.125. The number of hydrogen-bond acceptors (Lipinski definition) is 5. The van der Waals surface area contributed by atoms with E-state index in [4.69, 9.17) is 4.74 Å². The van der Waals surface area contributed by atoms with Crippen molar-refractivity contribution in [2.24, 2.45) is 0 Å². The molecule has 0 bridgehead atoms. The zero-order valence-corrected chi connectivity index (χ0v) is 14.0. The number of aliphatic hydroxyl groups is 1. The molecule has 1 unspecified atom stereocenters. The lowest BCUT2D eigenvalue weighted by molar-refractivity contribution is -0.158. The lowest BCUT2D eigenvalue weighted by Crippen LogP contribution is -2.46. The summed E-state index contributed by atoms with van der Waals surface area (Å²) in [5, 5.41) is 11.7. The SMILES string of the molecule is Cc1nc(C(=O)NC(CO)C(=O)OC(C)(C)C)ccc1Br. The zero-order chi connectivity index (χ0) is 16.2. The molecule has 1 aromatic rings. The van der Waals surface area contributed by atoms with Crippen molar-refractivity contribution in [3.05, 3.63) is 28.0 Å². The Hall–Kier alpha value is -1.47. The fraction of sp³-hybridized carbons (Fsp3) is 0.500. The Morgan fingerprint density at radius 3 is 2.52 bits per heavy atom. The highest BCUT2D eigenvalue weighted by Gasteiger charge is 2.26. The molecule has 1 atom stereocenters. The van der Waals surface area contributed by atoms with E-state index in [2.05, 4.69) is 26.2 Å². The molecule has 0 saturated carbocycles. The zero-order valence-electron chi connectivity index (χ0n) is 12.4. The highest BCUT2D eigenvalue weighted by Crippen LogP contribution is 2.14. The summed E-state index contributed by atoms with van der Waals surface area (Å²) in [6, 6.07) is 2.09. The van der Waals surface area contributed by atoms with E-state index in [1.807, 2.05) is 0 Å². The molecule has 0 saturated heterocycles. The van der Waals surface area contributed by atoms with Gasteiger partial charge in [0.1, 0.15) is 11.3 Å². The lowest BCUT2D eigenvalue weighted by Gasteiger charge is -2.23. The van der Waals surface area contributed by atoms with Crippen molar-refractivity contribution in [2.45, 2.75) is 39.3 Å². The van der Waals surface area contributed by atoms with Crippen LogP contribution in [0.2, 0.25) is 0 Å². The van der Waals surface area contributed by atoms with Crippen molar-refractivity contribution < 1.29 is 19.4 Å². The fourth-order valence-corrected chi connectivity index (χ4v) is 1.68.